The second-order valence-corrected chi connectivity index (χ2v) is 7.84. The van der Waals surface area contributed by atoms with Crippen molar-refractivity contribution in [3.63, 3.8) is 0 Å². The number of benzene rings is 1. The number of hydrogen-bond donors (Lipinski definition) is 0. The Morgan fingerprint density at radius 1 is 1.10 bits per heavy atom. The monoisotopic (exact) mass is 412 g/mol. The van der Waals surface area contributed by atoms with Crippen LogP contribution < -0.4 is 0 Å². The largest absolute Gasteiger partial charge is 0.297 e. The fourth-order valence-corrected chi connectivity index (χ4v) is 4.17. The predicted octanol–water partition coefficient (Wildman–Crippen LogP) is 3.76. The van der Waals surface area contributed by atoms with Gasteiger partial charge in [-0.1, -0.05) is 25.1 Å². The Hall–Kier alpha value is -3.74. The van der Waals surface area contributed by atoms with E-state index in [0.717, 1.165) is 45.6 Å². The first-order chi connectivity index (χ1) is 15.0. The van der Waals surface area contributed by atoms with Gasteiger partial charge in [0.2, 0.25) is 0 Å². The van der Waals surface area contributed by atoms with Gasteiger partial charge < -0.3 is 0 Å². The van der Waals surface area contributed by atoms with Gasteiger partial charge in [-0.2, -0.15) is 10.2 Å². The maximum Gasteiger partial charge on any atom is 0.185 e. The Bertz CT molecular complexity index is 1400. The molecule has 0 bridgehead atoms. The number of pyridine rings is 1. The number of nitrogens with zero attached hydrogens (tertiary/aromatic N) is 6. The minimum atomic E-state index is 0.0429. The second-order valence-electron chi connectivity index (χ2n) is 7.84. The number of hydrogen-bond acceptors (Lipinski definition) is 4. The Morgan fingerprint density at radius 3 is 2.74 bits per heavy atom. The molecule has 156 valence electrons. The van der Waals surface area contributed by atoms with E-state index in [9.17, 15) is 4.79 Å². The van der Waals surface area contributed by atoms with Crippen LogP contribution in [-0.2, 0) is 26.4 Å². The smallest absolute Gasteiger partial charge is 0.185 e. The highest BCUT2D eigenvalue weighted by Crippen LogP contribution is 2.26. The third-order valence-corrected chi connectivity index (χ3v) is 5.80. The summed E-state index contributed by atoms with van der Waals surface area (Å²) in [5.41, 5.74) is 6.49. The molecule has 0 aliphatic carbocycles. The molecule has 0 aliphatic heterocycles. The van der Waals surface area contributed by atoms with Crippen LogP contribution in [-0.4, -0.2) is 34.7 Å². The van der Waals surface area contributed by atoms with Crippen molar-refractivity contribution in [3.05, 3.63) is 83.2 Å². The van der Waals surface area contributed by atoms with Crippen LogP contribution in [0, 0.1) is 6.92 Å². The molecule has 0 saturated heterocycles. The van der Waals surface area contributed by atoms with Crippen molar-refractivity contribution >= 4 is 22.3 Å². The number of aromatic nitrogens is 6. The highest BCUT2D eigenvalue weighted by atomic mass is 16.1. The van der Waals surface area contributed by atoms with Gasteiger partial charge in [0.1, 0.15) is 11.3 Å². The van der Waals surface area contributed by atoms with Crippen molar-refractivity contribution in [2.75, 3.05) is 0 Å². The number of ketones is 1. The Balaban J connectivity index is 1.53. The van der Waals surface area contributed by atoms with Crippen LogP contribution in [0.1, 0.15) is 40.1 Å². The van der Waals surface area contributed by atoms with Gasteiger partial charge in [-0.3, -0.25) is 18.6 Å². The average Bonchev–Trinajstić information content (AvgIpc) is 3.44. The van der Waals surface area contributed by atoms with E-state index in [2.05, 4.69) is 29.1 Å². The molecule has 4 heterocycles. The van der Waals surface area contributed by atoms with Gasteiger partial charge in [-0.15, -0.1) is 0 Å². The molecule has 7 nitrogen and oxygen atoms in total. The van der Waals surface area contributed by atoms with E-state index >= 15 is 0 Å². The number of imidazole rings is 1. The lowest BCUT2D eigenvalue weighted by Crippen LogP contribution is -2.07. The van der Waals surface area contributed by atoms with Crippen LogP contribution >= 0.6 is 0 Å². The van der Waals surface area contributed by atoms with E-state index in [1.165, 1.54) is 0 Å². The predicted molar refractivity (Wildman–Crippen MR) is 119 cm³/mol. The van der Waals surface area contributed by atoms with Crippen LogP contribution in [0.2, 0.25) is 0 Å². The zero-order valence-electron chi connectivity index (χ0n) is 17.9. The Kier molecular flexibility index (Phi) is 4.66. The minimum absolute atomic E-state index is 0.0429. The molecule has 1 aromatic carbocycles. The summed E-state index contributed by atoms with van der Waals surface area (Å²) in [5.74, 6) is 0.0429. The lowest BCUT2D eigenvalue weighted by molar-refractivity contribution is 0.0987. The maximum absolute atomic E-state index is 13.2. The van der Waals surface area contributed by atoms with E-state index in [1.54, 1.807) is 6.20 Å². The Morgan fingerprint density at radius 2 is 1.97 bits per heavy atom. The van der Waals surface area contributed by atoms with E-state index in [4.69, 9.17) is 5.10 Å². The number of carbonyl (C=O) groups excluding carboxylic acids is 1. The van der Waals surface area contributed by atoms with E-state index in [0.29, 0.717) is 18.7 Å². The summed E-state index contributed by atoms with van der Waals surface area (Å²) in [5, 5.41) is 10.5. The molecule has 7 heteroatoms. The summed E-state index contributed by atoms with van der Waals surface area (Å²) in [6, 6.07) is 13.9. The quantitative estimate of drug-likeness (QED) is 0.398. The van der Waals surface area contributed by atoms with E-state index in [1.807, 2.05) is 64.3 Å². The molecular formula is C24H24N6O. The normalized spacial score (nSPS) is 11.6. The third-order valence-electron chi connectivity index (χ3n) is 5.80. The SMILES string of the molecule is CCc1nn(Cc2cc(C)n(C)n2)c2cccc(CC(=O)c3cnc4ccccn34)c12. The van der Waals surface area contributed by atoms with Gasteiger partial charge in [0.05, 0.1) is 29.6 Å². The number of fused-ring (bicyclic) bond motifs is 2. The van der Waals surface area contributed by atoms with Crippen molar-refractivity contribution in [2.24, 2.45) is 7.05 Å². The molecule has 5 aromatic rings. The van der Waals surface area contributed by atoms with E-state index < -0.39 is 0 Å². The standard InChI is InChI=1S/C24H24N6O/c1-4-19-24-17(13-22(31)21-14-25-23-10-5-6-11-29(21)23)8-7-9-20(24)30(27-19)15-18-12-16(2)28(3)26-18/h5-12,14H,4,13,15H2,1-3H3. The van der Waals surface area contributed by atoms with Gasteiger partial charge in [-0.25, -0.2) is 4.98 Å². The fourth-order valence-electron chi connectivity index (χ4n) is 4.17. The highest BCUT2D eigenvalue weighted by Gasteiger charge is 2.18. The first kappa shape index (κ1) is 19.2. The van der Waals surface area contributed by atoms with Crippen molar-refractivity contribution in [1.82, 2.24) is 28.9 Å². The van der Waals surface area contributed by atoms with Crippen molar-refractivity contribution in [2.45, 2.75) is 33.2 Å². The molecular weight excluding hydrogens is 388 g/mol. The van der Waals surface area contributed by atoms with Gasteiger partial charge in [0.15, 0.2) is 5.78 Å². The van der Waals surface area contributed by atoms with Crippen LogP contribution in [0.4, 0.5) is 0 Å². The van der Waals surface area contributed by atoms with Gasteiger partial charge in [-0.05, 0) is 43.2 Å². The fraction of sp³-hybridized carbons (Fsp3) is 0.250. The third kappa shape index (κ3) is 3.32. The molecule has 0 aliphatic rings. The number of rotatable bonds is 6. The topological polar surface area (TPSA) is 70.0 Å². The molecule has 0 atom stereocenters. The van der Waals surface area contributed by atoms with E-state index in [-0.39, 0.29) is 5.78 Å². The van der Waals surface area contributed by atoms with Gasteiger partial charge >= 0.3 is 0 Å². The molecule has 0 radical (unpaired) electrons. The van der Waals surface area contributed by atoms with Crippen molar-refractivity contribution in [1.29, 1.82) is 0 Å². The molecule has 5 rings (SSSR count). The first-order valence-corrected chi connectivity index (χ1v) is 10.5. The van der Waals surface area contributed by atoms with Crippen LogP contribution in [0.3, 0.4) is 0 Å². The molecule has 0 spiro atoms. The van der Waals surface area contributed by atoms with Crippen LogP contribution in [0.5, 0.6) is 0 Å². The maximum atomic E-state index is 13.2. The van der Waals surface area contributed by atoms with Crippen LogP contribution in [0.25, 0.3) is 16.6 Å². The number of carbonyl (C=O) groups is 1. The van der Waals surface area contributed by atoms with Crippen LogP contribution in [0.15, 0.2) is 54.9 Å². The molecule has 0 saturated carbocycles. The van der Waals surface area contributed by atoms with Gasteiger partial charge in [0.25, 0.3) is 0 Å². The number of aryl methyl sites for hydroxylation is 3. The lowest BCUT2D eigenvalue weighted by atomic mass is 10.0. The van der Waals surface area contributed by atoms with Gasteiger partial charge in [0, 0.05) is 30.7 Å². The summed E-state index contributed by atoms with van der Waals surface area (Å²) < 4.78 is 5.72. The van der Waals surface area contributed by atoms with Crippen molar-refractivity contribution in [3.8, 4) is 0 Å². The zero-order chi connectivity index (χ0) is 21.5. The minimum Gasteiger partial charge on any atom is -0.297 e. The molecule has 0 fully saturated rings. The highest BCUT2D eigenvalue weighted by molar-refractivity contribution is 5.99. The summed E-state index contributed by atoms with van der Waals surface area (Å²) in [6.07, 6.45) is 4.64. The summed E-state index contributed by atoms with van der Waals surface area (Å²) in [4.78, 5) is 17.5. The molecule has 4 aromatic heterocycles. The molecule has 0 unspecified atom stereocenters. The Labute approximate surface area is 179 Å². The second kappa shape index (κ2) is 7.50. The number of Topliss-reactive ketones (excluding diaryl/α,β-unsaturated/α-hetero) is 1. The van der Waals surface area contributed by atoms with Crippen molar-refractivity contribution < 1.29 is 4.79 Å². The molecule has 31 heavy (non-hydrogen) atoms. The molecule has 0 N–H and O–H groups in total. The zero-order valence-corrected chi connectivity index (χ0v) is 17.9. The molecule has 0 amide bonds. The summed E-state index contributed by atoms with van der Waals surface area (Å²) in [7, 11) is 1.95. The first-order valence-electron chi connectivity index (χ1n) is 10.5. The summed E-state index contributed by atoms with van der Waals surface area (Å²) in [6.45, 7) is 4.74. The summed E-state index contributed by atoms with van der Waals surface area (Å²) >= 11 is 0. The lowest BCUT2D eigenvalue weighted by Gasteiger charge is -2.06. The average molecular weight is 412 g/mol.